The van der Waals surface area contributed by atoms with E-state index in [9.17, 15) is 28.8 Å². The van der Waals surface area contributed by atoms with E-state index in [0.29, 0.717) is 50.6 Å². The van der Waals surface area contributed by atoms with Crippen molar-refractivity contribution in [2.75, 3.05) is 13.1 Å². The van der Waals surface area contributed by atoms with E-state index < -0.39 is 54.1 Å². The first-order valence-corrected chi connectivity index (χ1v) is 11.1. The number of likely N-dealkylation sites (tertiary alicyclic amines) is 1. The second-order valence-corrected chi connectivity index (χ2v) is 8.01. The lowest BCUT2D eigenvalue weighted by Gasteiger charge is -2.23. The summed E-state index contributed by atoms with van der Waals surface area (Å²) >= 11 is 0. The number of nitrogens with one attached hydrogen (secondary N) is 3. The first-order valence-electron chi connectivity index (χ1n) is 11.1. The summed E-state index contributed by atoms with van der Waals surface area (Å²) in [6, 6.07) is -2.75. The zero-order chi connectivity index (χ0) is 24.4. The molecule has 180 valence electrons. The summed E-state index contributed by atoms with van der Waals surface area (Å²) in [6.45, 7) is 1.72. The van der Waals surface area contributed by atoms with E-state index in [1.54, 1.807) is 19.1 Å². The Labute approximate surface area is 192 Å². The van der Waals surface area contributed by atoms with Crippen LogP contribution in [0.2, 0.25) is 0 Å². The Bertz CT molecular complexity index is 852. The summed E-state index contributed by atoms with van der Waals surface area (Å²) in [6.07, 6.45) is 9.18. The Balaban J connectivity index is 1.91. The molecule has 5 N–H and O–H groups in total. The normalized spacial score (nSPS) is 19.1. The fourth-order valence-electron chi connectivity index (χ4n) is 3.85. The zero-order valence-corrected chi connectivity index (χ0v) is 18.7. The molecular weight excluding hydrogens is 430 g/mol. The highest BCUT2D eigenvalue weighted by atomic mass is 16.2. The molecule has 0 aromatic rings. The Morgan fingerprint density at radius 1 is 1.24 bits per heavy atom. The maximum Gasteiger partial charge on any atom is 0.290 e. The second-order valence-electron chi connectivity index (χ2n) is 8.01. The van der Waals surface area contributed by atoms with E-state index in [2.05, 4.69) is 16.0 Å². The lowest BCUT2D eigenvalue weighted by atomic mass is 9.97. The molecule has 0 saturated carbocycles. The number of hydrogen-bond donors (Lipinski definition) is 4. The van der Waals surface area contributed by atoms with Crippen molar-refractivity contribution in [2.24, 2.45) is 5.73 Å². The fourth-order valence-corrected chi connectivity index (χ4v) is 3.85. The number of carbonyl (C=O) groups excluding carboxylic acids is 6. The minimum Gasteiger partial charge on any atom is -0.368 e. The van der Waals surface area contributed by atoms with E-state index in [1.807, 2.05) is 6.08 Å². The van der Waals surface area contributed by atoms with Crippen molar-refractivity contribution in [3.8, 4) is 0 Å². The molecule has 1 fully saturated rings. The summed E-state index contributed by atoms with van der Waals surface area (Å²) in [5.41, 5.74) is 6.04. The standard InChI is InChI=1S/C22H31N5O6/c1-2-7-15(25-21(32)16-10-6-11-27(16)13-28)19(30)22(33)24-12-17(29)26-18(20(23)31)14-8-4-3-5-9-14/h3-4,8,13,15-16,18H,2,5-7,9-12H2,1H3,(H2,23,31)(H,24,33)(H,25,32)(H,26,29)/t15?,16-,18?/m0/s1. The maximum absolute atomic E-state index is 12.6. The number of nitrogens with zero attached hydrogens (tertiary/aromatic N) is 1. The van der Waals surface area contributed by atoms with Crippen LogP contribution < -0.4 is 21.7 Å². The number of rotatable bonds is 12. The minimum atomic E-state index is -1.07. The molecule has 2 rings (SSSR count). The van der Waals surface area contributed by atoms with Crippen LogP contribution in [-0.2, 0) is 28.8 Å². The van der Waals surface area contributed by atoms with Crippen molar-refractivity contribution in [1.29, 1.82) is 0 Å². The molecule has 0 aromatic heterocycles. The third-order valence-electron chi connectivity index (χ3n) is 5.58. The first kappa shape index (κ1) is 25.8. The zero-order valence-electron chi connectivity index (χ0n) is 18.7. The topological polar surface area (TPSA) is 168 Å². The van der Waals surface area contributed by atoms with Crippen molar-refractivity contribution in [3.05, 3.63) is 23.8 Å². The van der Waals surface area contributed by atoms with Gasteiger partial charge in [-0.05, 0) is 37.7 Å². The number of allylic oxidation sites excluding steroid dienone is 3. The number of nitrogens with two attached hydrogens (primary N) is 1. The number of ketones is 1. The molecular formula is C22H31N5O6. The van der Waals surface area contributed by atoms with E-state index in [4.69, 9.17) is 5.73 Å². The van der Waals surface area contributed by atoms with Gasteiger partial charge in [-0.25, -0.2) is 0 Å². The third-order valence-corrected chi connectivity index (χ3v) is 5.58. The Hall–Kier alpha value is -3.50. The number of amides is 5. The second kappa shape index (κ2) is 12.5. The Morgan fingerprint density at radius 2 is 2.00 bits per heavy atom. The average molecular weight is 462 g/mol. The highest BCUT2D eigenvalue weighted by Gasteiger charge is 2.34. The van der Waals surface area contributed by atoms with Crippen LogP contribution in [0.3, 0.4) is 0 Å². The molecule has 33 heavy (non-hydrogen) atoms. The van der Waals surface area contributed by atoms with Gasteiger partial charge in [0.05, 0.1) is 12.6 Å². The summed E-state index contributed by atoms with van der Waals surface area (Å²) in [5, 5.41) is 7.25. The highest BCUT2D eigenvalue weighted by Crippen LogP contribution is 2.16. The van der Waals surface area contributed by atoms with Crippen LogP contribution >= 0.6 is 0 Å². The number of hydrogen-bond acceptors (Lipinski definition) is 6. The van der Waals surface area contributed by atoms with Gasteiger partial charge in [-0.1, -0.05) is 31.6 Å². The molecule has 0 bridgehead atoms. The van der Waals surface area contributed by atoms with Gasteiger partial charge in [0.25, 0.3) is 5.91 Å². The molecule has 0 aromatic carbocycles. The van der Waals surface area contributed by atoms with Crippen molar-refractivity contribution in [2.45, 2.75) is 63.6 Å². The monoisotopic (exact) mass is 461 g/mol. The summed E-state index contributed by atoms with van der Waals surface area (Å²) in [7, 11) is 0. The molecule has 1 saturated heterocycles. The van der Waals surface area contributed by atoms with Crippen LogP contribution in [0.5, 0.6) is 0 Å². The lowest BCUT2D eigenvalue weighted by molar-refractivity contribution is -0.141. The molecule has 2 unspecified atom stereocenters. The third kappa shape index (κ3) is 7.26. The van der Waals surface area contributed by atoms with Gasteiger partial charge < -0.3 is 26.6 Å². The molecule has 0 spiro atoms. The molecule has 1 aliphatic carbocycles. The van der Waals surface area contributed by atoms with Crippen LogP contribution in [0.4, 0.5) is 0 Å². The largest absolute Gasteiger partial charge is 0.368 e. The van der Waals surface area contributed by atoms with E-state index in [1.165, 1.54) is 4.90 Å². The Morgan fingerprint density at radius 3 is 2.61 bits per heavy atom. The van der Waals surface area contributed by atoms with Gasteiger partial charge in [-0.2, -0.15) is 0 Å². The molecule has 5 amide bonds. The van der Waals surface area contributed by atoms with Crippen LogP contribution in [0.15, 0.2) is 23.8 Å². The predicted octanol–water partition coefficient (Wildman–Crippen LogP) is -1.18. The molecule has 0 radical (unpaired) electrons. The SMILES string of the molecule is CCCC(NC(=O)[C@@H]1CCCN1C=O)C(=O)C(=O)NCC(=O)NC(C(N)=O)C1=CC=CCC1. The van der Waals surface area contributed by atoms with Crippen molar-refractivity contribution < 1.29 is 28.8 Å². The van der Waals surface area contributed by atoms with Crippen LogP contribution in [0.1, 0.15) is 45.4 Å². The summed E-state index contributed by atoms with van der Waals surface area (Å²) in [4.78, 5) is 73.9. The quantitative estimate of drug-likeness (QED) is 0.211. The van der Waals surface area contributed by atoms with Crippen molar-refractivity contribution in [1.82, 2.24) is 20.9 Å². The van der Waals surface area contributed by atoms with Gasteiger partial charge in [0.1, 0.15) is 12.1 Å². The van der Waals surface area contributed by atoms with Gasteiger partial charge in [0, 0.05) is 6.54 Å². The Kier molecular flexibility index (Phi) is 9.77. The van der Waals surface area contributed by atoms with E-state index in [0.717, 1.165) is 0 Å². The summed E-state index contributed by atoms with van der Waals surface area (Å²) in [5.74, 6) is -3.82. The molecule has 3 atom stereocenters. The molecule has 1 heterocycles. The van der Waals surface area contributed by atoms with E-state index >= 15 is 0 Å². The van der Waals surface area contributed by atoms with Gasteiger partial charge in [-0.15, -0.1) is 0 Å². The molecule has 1 aliphatic heterocycles. The smallest absolute Gasteiger partial charge is 0.290 e. The first-order chi connectivity index (χ1) is 15.8. The van der Waals surface area contributed by atoms with Crippen LogP contribution in [-0.4, -0.2) is 71.9 Å². The predicted molar refractivity (Wildman–Crippen MR) is 118 cm³/mol. The van der Waals surface area contributed by atoms with Gasteiger partial charge in [0.15, 0.2) is 0 Å². The molecule has 2 aliphatic rings. The van der Waals surface area contributed by atoms with Crippen LogP contribution in [0, 0.1) is 0 Å². The van der Waals surface area contributed by atoms with Gasteiger partial charge >= 0.3 is 0 Å². The minimum absolute atomic E-state index is 0.226. The van der Waals surface area contributed by atoms with Gasteiger partial charge in [-0.3, -0.25) is 28.8 Å². The maximum atomic E-state index is 12.6. The fraction of sp³-hybridized carbons (Fsp3) is 0.545. The van der Waals surface area contributed by atoms with Crippen molar-refractivity contribution >= 4 is 35.8 Å². The lowest BCUT2D eigenvalue weighted by Crippen LogP contribution is -2.53. The average Bonchev–Trinajstić information content (AvgIpc) is 3.29. The number of carbonyl (C=O) groups is 6. The van der Waals surface area contributed by atoms with E-state index in [-0.39, 0.29) is 6.42 Å². The highest BCUT2D eigenvalue weighted by molar-refractivity contribution is 6.38. The van der Waals surface area contributed by atoms with Crippen LogP contribution in [0.25, 0.3) is 0 Å². The number of Topliss-reactive ketones (excluding diaryl/α,β-unsaturated/α-hetero) is 1. The molecule has 11 heteroatoms. The van der Waals surface area contributed by atoms with Gasteiger partial charge in [0.2, 0.25) is 29.9 Å². The van der Waals surface area contributed by atoms with Crippen molar-refractivity contribution in [3.63, 3.8) is 0 Å². The summed E-state index contributed by atoms with van der Waals surface area (Å²) < 4.78 is 0. The number of primary amides is 1. The molecule has 11 nitrogen and oxygen atoms in total.